The molecule has 4 aromatic rings. The number of pyridine rings is 1. The van der Waals surface area contributed by atoms with Crippen molar-refractivity contribution in [3.05, 3.63) is 41.3 Å². The van der Waals surface area contributed by atoms with Gasteiger partial charge in [0.05, 0.1) is 28.9 Å². The summed E-state index contributed by atoms with van der Waals surface area (Å²) >= 11 is 0. The molecule has 0 radical (unpaired) electrons. The van der Waals surface area contributed by atoms with Crippen LogP contribution in [-0.2, 0) is 0 Å². The Balaban J connectivity index is 2.19. The van der Waals surface area contributed by atoms with Crippen molar-refractivity contribution in [2.75, 3.05) is 0 Å². The first-order valence-corrected chi connectivity index (χ1v) is 5.54. The molecule has 0 aliphatic carbocycles. The average molecular weight is 253 g/mol. The Morgan fingerprint density at radius 3 is 3.05 bits per heavy atom. The van der Waals surface area contributed by atoms with Gasteiger partial charge in [0.2, 0.25) is 0 Å². The number of hydrogen-bond acceptors (Lipinski definition) is 5. The maximum absolute atomic E-state index is 12.0. The maximum atomic E-state index is 12.0. The minimum Gasteiger partial charge on any atom is -0.306 e. The fourth-order valence-corrected chi connectivity index (χ4v) is 2.08. The van der Waals surface area contributed by atoms with E-state index in [0.29, 0.717) is 27.9 Å². The fraction of sp³-hybridized carbons (Fsp3) is 0. The Kier molecular flexibility index (Phi) is 1.82. The molecule has 0 atom stereocenters. The Morgan fingerprint density at radius 1 is 1.26 bits per heavy atom. The molecule has 0 amide bonds. The molecule has 0 saturated heterocycles. The summed E-state index contributed by atoms with van der Waals surface area (Å²) in [5.41, 5.74) is 1.70. The van der Waals surface area contributed by atoms with E-state index in [1.54, 1.807) is 29.2 Å². The predicted molar refractivity (Wildman–Crippen MR) is 66.5 cm³/mol. The molecular formula is C11H7N7O. The van der Waals surface area contributed by atoms with Gasteiger partial charge < -0.3 is 4.98 Å². The highest BCUT2D eigenvalue weighted by Crippen LogP contribution is 2.20. The molecule has 0 bridgehead atoms. The lowest BCUT2D eigenvalue weighted by molar-refractivity contribution is 0.972. The van der Waals surface area contributed by atoms with Gasteiger partial charge in [-0.25, -0.2) is 9.50 Å². The molecule has 2 N–H and O–H groups in total. The van der Waals surface area contributed by atoms with E-state index >= 15 is 0 Å². The summed E-state index contributed by atoms with van der Waals surface area (Å²) < 4.78 is 1.63. The first-order valence-electron chi connectivity index (χ1n) is 5.54. The SMILES string of the molecule is O=c1[nH]c2c(-c3ncn[nH]3)cnn2c2cnccc12. The van der Waals surface area contributed by atoms with Crippen LogP contribution in [0.3, 0.4) is 0 Å². The molecule has 8 heteroatoms. The van der Waals surface area contributed by atoms with Crippen LogP contribution < -0.4 is 5.56 Å². The summed E-state index contributed by atoms with van der Waals surface area (Å²) in [6, 6.07) is 1.66. The van der Waals surface area contributed by atoms with Gasteiger partial charge in [-0.15, -0.1) is 0 Å². The lowest BCUT2D eigenvalue weighted by Gasteiger charge is -2.00. The molecule has 0 aliphatic rings. The van der Waals surface area contributed by atoms with Crippen molar-refractivity contribution in [2.45, 2.75) is 0 Å². The van der Waals surface area contributed by atoms with Gasteiger partial charge in [0.25, 0.3) is 5.56 Å². The number of nitrogens with one attached hydrogen (secondary N) is 2. The predicted octanol–water partition coefficient (Wildman–Crippen LogP) is 0.356. The van der Waals surface area contributed by atoms with E-state index in [0.717, 1.165) is 0 Å². The van der Waals surface area contributed by atoms with Crippen molar-refractivity contribution in [3.8, 4) is 11.4 Å². The molecule has 4 aromatic heterocycles. The van der Waals surface area contributed by atoms with E-state index < -0.39 is 0 Å². The standard InChI is InChI=1S/C11H7N7O/c19-11-6-1-2-12-4-8(6)18-10(16-11)7(3-15-18)9-13-5-14-17-9/h1-5H,(H,16,19)(H,13,14,17). The van der Waals surface area contributed by atoms with E-state index in [-0.39, 0.29) is 5.56 Å². The highest BCUT2D eigenvalue weighted by Gasteiger charge is 2.13. The zero-order valence-corrected chi connectivity index (χ0v) is 9.53. The summed E-state index contributed by atoms with van der Waals surface area (Å²) in [6.45, 7) is 0. The zero-order chi connectivity index (χ0) is 12.8. The monoisotopic (exact) mass is 253 g/mol. The zero-order valence-electron chi connectivity index (χ0n) is 9.53. The number of nitrogens with zero attached hydrogens (tertiary/aromatic N) is 5. The number of hydrogen-bond donors (Lipinski definition) is 2. The quantitative estimate of drug-likeness (QED) is 0.509. The van der Waals surface area contributed by atoms with Crippen LogP contribution in [0.4, 0.5) is 0 Å². The van der Waals surface area contributed by atoms with Crippen LogP contribution in [-0.4, -0.2) is 34.8 Å². The van der Waals surface area contributed by atoms with Gasteiger partial charge in [0.1, 0.15) is 12.0 Å². The van der Waals surface area contributed by atoms with Crippen LogP contribution in [0.5, 0.6) is 0 Å². The van der Waals surface area contributed by atoms with Crippen molar-refractivity contribution in [3.63, 3.8) is 0 Å². The third-order valence-electron chi connectivity index (χ3n) is 2.94. The molecule has 0 aromatic carbocycles. The van der Waals surface area contributed by atoms with Crippen LogP contribution >= 0.6 is 0 Å². The van der Waals surface area contributed by atoms with Crippen molar-refractivity contribution < 1.29 is 0 Å². The maximum Gasteiger partial charge on any atom is 0.259 e. The van der Waals surface area contributed by atoms with Gasteiger partial charge in [-0.2, -0.15) is 10.2 Å². The highest BCUT2D eigenvalue weighted by atomic mass is 16.1. The molecule has 4 heterocycles. The van der Waals surface area contributed by atoms with Crippen LogP contribution in [0, 0.1) is 0 Å². The molecule has 92 valence electrons. The molecular weight excluding hydrogens is 246 g/mol. The second kappa shape index (κ2) is 3.48. The number of fused-ring (bicyclic) bond motifs is 3. The molecule has 0 aliphatic heterocycles. The second-order valence-corrected chi connectivity index (χ2v) is 4.00. The van der Waals surface area contributed by atoms with Crippen molar-refractivity contribution >= 4 is 16.6 Å². The van der Waals surface area contributed by atoms with Crippen molar-refractivity contribution in [1.29, 1.82) is 0 Å². The molecule has 19 heavy (non-hydrogen) atoms. The van der Waals surface area contributed by atoms with Gasteiger partial charge in [0.15, 0.2) is 5.82 Å². The Bertz CT molecular complexity index is 935. The van der Waals surface area contributed by atoms with E-state index in [2.05, 4.69) is 30.2 Å². The largest absolute Gasteiger partial charge is 0.306 e. The minimum absolute atomic E-state index is 0.189. The Morgan fingerprint density at radius 2 is 2.21 bits per heavy atom. The summed E-state index contributed by atoms with van der Waals surface area (Å²) in [5, 5.41) is 11.3. The van der Waals surface area contributed by atoms with Crippen LogP contribution in [0.1, 0.15) is 0 Å². The smallest absolute Gasteiger partial charge is 0.259 e. The van der Waals surface area contributed by atoms with Crippen LogP contribution in [0.2, 0.25) is 0 Å². The van der Waals surface area contributed by atoms with Crippen molar-refractivity contribution in [2.24, 2.45) is 0 Å². The van der Waals surface area contributed by atoms with Crippen LogP contribution in [0.15, 0.2) is 35.8 Å². The number of rotatable bonds is 1. The Hall–Kier alpha value is -3.03. The topological polar surface area (TPSA) is 105 Å². The van der Waals surface area contributed by atoms with Gasteiger partial charge in [-0.05, 0) is 6.07 Å². The second-order valence-electron chi connectivity index (χ2n) is 4.00. The van der Waals surface area contributed by atoms with E-state index in [4.69, 9.17) is 0 Å². The first-order chi connectivity index (χ1) is 9.34. The molecule has 0 saturated carbocycles. The third-order valence-corrected chi connectivity index (χ3v) is 2.94. The van der Waals surface area contributed by atoms with E-state index in [1.807, 2.05) is 0 Å². The average Bonchev–Trinajstić information content (AvgIpc) is 3.07. The first kappa shape index (κ1) is 9.95. The summed E-state index contributed by atoms with van der Waals surface area (Å²) in [4.78, 5) is 22.9. The number of aromatic nitrogens is 7. The third kappa shape index (κ3) is 1.30. The van der Waals surface area contributed by atoms with Gasteiger partial charge >= 0.3 is 0 Å². The van der Waals surface area contributed by atoms with Gasteiger partial charge in [0, 0.05) is 6.20 Å². The highest BCUT2D eigenvalue weighted by molar-refractivity contribution is 5.83. The summed E-state index contributed by atoms with van der Waals surface area (Å²) in [5.74, 6) is 0.550. The van der Waals surface area contributed by atoms with E-state index in [1.165, 1.54) is 6.33 Å². The minimum atomic E-state index is -0.189. The number of H-pyrrole nitrogens is 2. The fourth-order valence-electron chi connectivity index (χ4n) is 2.08. The van der Waals surface area contributed by atoms with Crippen molar-refractivity contribution in [1.82, 2.24) is 34.8 Å². The molecule has 4 rings (SSSR count). The normalized spacial score (nSPS) is 11.4. The summed E-state index contributed by atoms with van der Waals surface area (Å²) in [6.07, 6.45) is 6.21. The lowest BCUT2D eigenvalue weighted by atomic mass is 10.3. The summed E-state index contributed by atoms with van der Waals surface area (Å²) in [7, 11) is 0. The molecule has 0 unspecified atom stereocenters. The Labute approximate surface area is 105 Å². The van der Waals surface area contributed by atoms with Crippen LogP contribution in [0.25, 0.3) is 27.9 Å². The molecule has 8 nitrogen and oxygen atoms in total. The molecule has 0 fully saturated rings. The van der Waals surface area contributed by atoms with Gasteiger partial charge in [-0.3, -0.25) is 14.9 Å². The molecule has 0 spiro atoms. The van der Waals surface area contributed by atoms with Gasteiger partial charge in [-0.1, -0.05) is 0 Å². The number of aromatic amines is 2. The lowest BCUT2D eigenvalue weighted by Crippen LogP contribution is -2.10. The van der Waals surface area contributed by atoms with E-state index in [9.17, 15) is 4.79 Å².